The largest absolute Gasteiger partial charge is 0.481 e. The summed E-state index contributed by atoms with van der Waals surface area (Å²) in [6.45, 7) is 1.68. The number of rotatable bonds is 3. The molecule has 1 aromatic heterocycles. The number of aromatic nitrogens is 1. The monoisotopic (exact) mass is 269 g/mol. The Morgan fingerprint density at radius 2 is 2.39 bits per heavy atom. The minimum absolute atomic E-state index is 0.338. The minimum atomic E-state index is -0.875. The van der Waals surface area contributed by atoms with E-state index >= 15 is 0 Å². The van der Waals surface area contributed by atoms with E-state index in [1.165, 1.54) is 11.3 Å². The van der Waals surface area contributed by atoms with Gasteiger partial charge in [0.15, 0.2) is 5.13 Å². The van der Waals surface area contributed by atoms with Crippen LogP contribution in [-0.4, -0.2) is 28.1 Å². The van der Waals surface area contributed by atoms with Crippen LogP contribution in [0, 0.1) is 5.41 Å². The summed E-state index contributed by atoms with van der Waals surface area (Å²) < 4.78 is 0. The lowest BCUT2D eigenvalue weighted by atomic mass is 9.85. The van der Waals surface area contributed by atoms with Gasteiger partial charge in [0.25, 0.3) is 0 Å². The number of thiazole rings is 1. The molecule has 1 aliphatic carbocycles. The predicted molar refractivity (Wildman–Crippen MR) is 67.7 cm³/mol. The second-order valence-corrected chi connectivity index (χ2v) is 5.50. The number of carboxylic acids is 1. The van der Waals surface area contributed by atoms with Crippen LogP contribution in [0.25, 0.3) is 0 Å². The lowest BCUT2D eigenvalue weighted by Gasteiger charge is -2.27. The van der Waals surface area contributed by atoms with Crippen LogP contribution in [-0.2, 0) is 4.79 Å². The van der Waals surface area contributed by atoms with Crippen molar-refractivity contribution in [1.82, 2.24) is 10.3 Å². The highest BCUT2D eigenvalue weighted by Crippen LogP contribution is 2.38. The zero-order valence-electron chi connectivity index (χ0n) is 9.97. The maximum Gasteiger partial charge on any atom is 0.321 e. The Morgan fingerprint density at radius 3 is 3.00 bits per heavy atom. The molecule has 18 heavy (non-hydrogen) atoms. The summed E-state index contributed by atoms with van der Waals surface area (Å²) in [6, 6.07) is -0.737. The summed E-state index contributed by atoms with van der Waals surface area (Å²) in [5, 5.41) is 16.8. The Labute approximate surface area is 108 Å². The third kappa shape index (κ3) is 2.45. The molecular weight excluding hydrogens is 254 g/mol. The van der Waals surface area contributed by atoms with E-state index in [-0.39, 0.29) is 6.04 Å². The van der Waals surface area contributed by atoms with Crippen molar-refractivity contribution < 1.29 is 14.7 Å². The summed E-state index contributed by atoms with van der Waals surface area (Å²) in [6.07, 6.45) is 3.68. The van der Waals surface area contributed by atoms with E-state index in [0.29, 0.717) is 18.0 Å². The molecule has 1 saturated carbocycles. The van der Waals surface area contributed by atoms with Gasteiger partial charge in [-0.05, 0) is 19.8 Å². The van der Waals surface area contributed by atoms with E-state index < -0.39 is 17.4 Å². The highest BCUT2D eigenvalue weighted by molar-refractivity contribution is 7.13. The summed E-state index contributed by atoms with van der Waals surface area (Å²) >= 11 is 1.32. The Bertz CT molecular complexity index is 448. The highest BCUT2D eigenvalue weighted by Gasteiger charge is 2.45. The number of carbonyl (C=O) groups excluding carboxylic acids is 1. The summed E-state index contributed by atoms with van der Waals surface area (Å²) in [4.78, 5) is 26.9. The average molecular weight is 269 g/mol. The lowest BCUT2D eigenvalue weighted by molar-refractivity contribution is -0.148. The van der Waals surface area contributed by atoms with E-state index in [1.54, 1.807) is 18.5 Å². The molecule has 1 aromatic rings. The van der Waals surface area contributed by atoms with Gasteiger partial charge < -0.3 is 10.4 Å². The van der Waals surface area contributed by atoms with Crippen molar-refractivity contribution >= 4 is 28.5 Å². The van der Waals surface area contributed by atoms with E-state index in [0.717, 1.165) is 6.42 Å². The van der Waals surface area contributed by atoms with Crippen LogP contribution in [0.1, 0.15) is 26.2 Å². The van der Waals surface area contributed by atoms with Crippen molar-refractivity contribution in [2.45, 2.75) is 32.2 Å². The van der Waals surface area contributed by atoms with Crippen LogP contribution in [0.4, 0.5) is 9.93 Å². The first kappa shape index (κ1) is 12.8. The number of hydrogen-bond acceptors (Lipinski definition) is 4. The van der Waals surface area contributed by atoms with Gasteiger partial charge in [0.05, 0.1) is 5.41 Å². The SMILES string of the molecule is CC1(C(=O)O)CCCC1NC(=O)Nc1nccs1. The standard InChI is InChI=1S/C11H15N3O3S/c1-11(8(15)16)4-2-3-7(11)13-9(17)14-10-12-5-6-18-10/h5-7H,2-4H2,1H3,(H,15,16)(H2,12,13,14,17). The number of nitrogens with zero attached hydrogens (tertiary/aromatic N) is 1. The van der Waals surface area contributed by atoms with E-state index in [2.05, 4.69) is 15.6 Å². The fourth-order valence-corrected chi connectivity index (χ4v) is 2.75. The van der Waals surface area contributed by atoms with Gasteiger partial charge in [0, 0.05) is 17.6 Å². The topological polar surface area (TPSA) is 91.3 Å². The zero-order valence-corrected chi connectivity index (χ0v) is 10.8. The van der Waals surface area contributed by atoms with Gasteiger partial charge in [0.2, 0.25) is 0 Å². The number of nitrogens with one attached hydrogen (secondary N) is 2. The molecule has 1 aliphatic rings. The van der Waals surface area contributed by atoms with Gasteiger partial charge in [-0.2, -0.15) is 0 Å². The number of urea groups is 1. The Hall–Kier alpha value is -1.63. The maximum atomic E-state index is 11.7. The summed E-state index contributed by atoms with van der Waals surface area (Å²) in [5.74, 6) is -0.862. The first-order valence-electron chi connectivity index (χ1n) is 5.73. The fraction of sp³-hybridized carbons (Fsp3) is 0.545. The molecule has 7 heteroatoms. The predicted octanol–water partition coefficient (Wildman–Crippen LogP) is 1.91. The Morgan fingerprint density at radius 1 is 1.61 bits per heavy atom. The molecule has 0 aromatic carbocycles. The molecule has 0 spiro atoms. The van der Waals surface area contributed by atoms with Crippen molar-refractivity contribution in [2.75, 3.05) is 5.32 Å². The van der Waals surface area contributed by atoms with Crippen LogP contribution < -0.4 is 10.6 Å². The lowest BCUT2D eigenvalue weighted by Crippen LogP contribution is -2.48. The number of hydrogen-bond donors (Lipinski definition) is 3. The van der Waals surface area contributed by atoms with Crippen molar-refractivity contribution in [3.63, 3.8) is 0 Å². The smallest absolute Gasteiger partial charge is 0.321 e. The molecule has 2 rings (SSSR count). The molecular formula is C11H15N3O3S. The van der Waals surface area contributed by atoms with Crippen molar-refractivity contribution in [3.05, 3.63) is 11.6 Å². The van der Waals surface area contributed by atoms with Gasteiger partial charge in [-0.15, -0.1) is 11.3 Å². The van der Waals surface area contributed by atoms with E-state index in [1.807, 2.05) is 0 Å². The Balaban J connectivity index is 1.96. The first-order valence-corrected chi connectivity index (χ1v) is 6.61. The highest BCUT2D eigenvalue weighted by atomic mass is 32.1. The number of amides is 2. The molecule has 2 amide bonds. The molecule has 1 fully saturated rings. The molecule has 2 atom stereocenters. The third-order valence-corrected chi connectivity index (χ3v) is 4.09. The molecule has 0 saturated heterocycles. The number of aliphatic carboxylic acids is 1. The van der Waals surface area contributed by atoms with Crippen LogP contribution in [0.2, 0.25) is 0 Å². The molecule has 0 bridgehead atoms. The molecule has 1 heterocycles. The van der Waals surface area contributed by atoms with Crippen LogP contribution in [0.5, 0.6) is 0 Å². The summed E-state index contributed by atoms with van der Waals surface area (Å²) in [5.41, 5.74) is -0.875. The van der Waals surface area contributed by atoms with Crippen molar-refractivity contribution in [1.29, 1.82) is 0 Å². The maximum absolute atomic E-state index is 11.7. The van der Waals surface area contributed by atoms with Gasteiger partial charge in [-0.1, -0.05) is 6.42 Å². The van der Waals surface area contributed by atoms with Gasteiger partial charge in [-0.25, -0.2) is 9.78 Å². The van der Waals surface area contributed by atoms with Gasteiger partial charge in [-0.3, -0.25) is 10.1 Å². The quantitative estimate of drug-likeness (QED) is 0.781. The molecule has 2 unspecified atom stereocenters. The Kier molecular flexibility index (Phi) is 3.51. The minimum Gasteiger partial charge on any atom is -0.481 e. The zero-order chi connectivity index (χ0) is 13.2. The second-order valence-electron chi connectivity index (χ2n) is 4.60. The molecule has 0 aliphatic heterocycles. The normalized spacial score (nSPS) is 26.8. The van der Waals surface area contributed by atoms with Crippen molar-refractivity contribution in [3.8, 4) is 0 Å². The summed E-state index contributed by atoms with van der Waals surface area (Å²) in [7, 11) is 0. The first-order chi connectivity index (χ1) is 8.52. The average Bonchev–Trinajstić information content (AvgIpc) is 2.90. The van der Waals surface area contributed by atoms with Crippen LogP contribution >= 0.6 is 11.3 Å². The molecule has 98 valence electrons. The molecule has 0 radical (unpaired) electrons. The number of carboxylic acid groups (broad SMARTS) is 1. The molecule has 6 nitrogen and oxygen atoms in total. The van der Waals surface area contributed by atoms with Crippen LogP contribution in [0.15, 0.2) is 11.6 Å². The van der Waals surface area contributed by atoms with E-state index in [4.69, 9.17) is 0 Å². The fourth-order valence-electron chi connectivity index (χ4n) is 2.23. The second kappa shape index (κ2) is 4.93. The number of carbonyl (C=O) groups is 2. The van der Waals surface area contributed by atoms with Gasteiger partial charge in [0.1, 0.15) is 0 Å². The number of anilines is 1. The van der Waals surface area contributed by atoms with E-state index in [9.17, 15) is 14.7 Å². The van der Waals surface area contributed by atoms with Crippen LogP contribution in [0.3, 0.4) is 0 Å². The van der Waals surface area contributed by atoms with Gasteiger partial charge >= 0.3 is 12.0 Å². The van der Waals surface area contributed by atoms with Crippen molar-refractivity contribution in [2.24, 2.45) is 5.41 Å². The third-order valence-electron chi connectivity index (χ3n) is 3.40. The molecule has 3 N–H and O–H groups in total.